The molecule has 0 aromatic heterocycles. The summed E-state index contributed by atoms with van der Waals surface area (Å²) in [5.74, 6) is 0. The van der Waals surface area contributed by atoms with Gasteiger partial charge in [-0.15, -0.1) is 6.58 Å². The molecule has 56 valence electrons. The summed E-state index contributed by atoms with van der Waals surface area (Å²) in [6, 6.07) is 8.69. The Hall–Kier alpha value is -0.975. The number of hydrogen-bond acceptors (Lipinski definition) is 0. The van der Waals surface area contributed by atoms with E-state index in [0.717, 1.165) is 12.7 Å². The van der Waals surface area contributed by atoms with Crippen LogP contribution in [0.25, 0.3) is 0 Å². The molecule has 0 aliphatic rings. The number of benzene rings is 1. The summed E-state index contributed by atoms with van der Waals surface area (Å²) in [6.45, 7) is 3.70. The molecule has 0 saturated heterocycles. The van der Waals surface area contributed by atoms with Crippen LogP contribution >= 0.6 is 0 Å². The standard InChI is InChI=1S/C10H13B/c1-2-3-9-4-6-10(8-11)7-5-9/h2,4-7H,1,3,8,11H2. The van der Waals surface area contributed by atoms with E-state index >= 15 is 0 Å². The third-order valence-corrected chi connectivity index (χ3v) is 1.81. The molecule has 1 aromatic rings. The maximum Gasteiger partial charge on any atom is 0.107 e. The fourth-order valence-electron chi connectivity index (χ4n) is 1.08. The van der Waals surface area contributed by atoms with Gasteiger partial charge in [-0.3, -0.25) is 0 Å². The normalized spacial score (nSPS) is 9.45. The summed E-state index contributed by atoms with van der Waals surface area (Å²) in [7, 11) is 2.17. The van der Waals surface area contributed by atoms with E-state index in [-0.39, 0.29) is 0 Å². The Bertz CT molecular complexity index is 223. The summed E-state index contributed by atoms with van der Waals surface area (Å²) >= 11 is 0. The highest BCUT2D eigenvalue weighted by Gasteiger charge is 1.89. The second-order valence-corrected chi connectivity index (χ2v) is 2.66. The molecule has 11 heavy (non-hydrogen) atoms. The predicted octanol–water partition coefficient (Wildman–Crippen LogP) is 1.55. The molecule has 1 rings (SSSR count). The Labute approximate surface area is 69.4 Å². The fraction of sp³-hybridized carbons (Fsp3) is 0.200. The van der Waals surface area contributed by atoms with Crippen molar-refractivity contribution in [2.45, 2.75) is 12.7 Å². The zero-order chi connectivity index (χ0) is 8.10. The molecule has 0 heterocycles. The second-order valence-electron chi connectivity index (χ2n) is 2.66. The van der Waals surface area contributed by atoms with Crippen molar-refractivity contribution < 1.29 is 0 Å². The zero-order valence-corrected chi connectivity index (χ0v) is 7.01. The van der Waals surface area contributed by atoms with Crippen molar-refractivity contribution in [1.82, 2.24) is 0 Å². The Morgan fingerprint density at radius 3 is 2.18 bits per heavy atom. The third-order valence-electron chi connectivity index (χ3n) is 1.81. The van der Waals surface area contributed by atoms with Gasteiger partial charge in [0, 0.05) is 0 Å². The maximum absolute atomic E-state index is 3.70. The molecule has 0 aliphatic heterocycles. The van der Waals surface area contributed by atoms with Crippen molar-refractivity contribution in [2.24, 2.45) is 0 Å². The van der Waals surface area contributed by atoms with Gasteiger partial charge in [0.15, 0.2) is 0 Å². The van der Waals surface area contributed by atoms with E-state index in [1.54, 1.807) is 0 Å². The summed E-state index contributed by atoms with van der Waals surface area (Å²) in [5.41, 5.74) is 2.75. The van der Waals surface area contributed by atoms with E-state index in [2.05, 4.69) is 38.7 Å². The number of allylic oxidation sites excluding steroid dienone is 1. The van der Waals surface area contributed by atoms with Crippen molar-refractivity contribution in [3.8, 4) is 0 Å². The van der Waals surface area contributed by atoms with Crippen LogP contribution in [0.2, 0.25) is 0 Å². The van der Waals surface area contributed by atoms with Crippen LogP contribution in [-0.4, -0.2) is 7.85 Å². The summed E-state index contributed by atoms with van der Waals surface area (Å²) in [6.07, 6.45) is 4.03. The lowest BCUT2D eigenvalue weighted by molar-refractivity contribution is 1.25. The quantitative estimate of drug-likeness (QED) is 0.446. The van der Waals surface area contributed by atoms with Gasteiger partial charge in [0.1, 0.15) is 7.85 Å². The maximum atomic E-state index is 3.70. The molecule has 0 amide bonds. The van der Waals surface area contributed by atoms with Crippen LogP contribution in [0.4, 0.5) is 0 Å². The van der Waals surface area contributed by atoms with E-state index < -0.39 is 0 Å². The molecule has 0 fully saturated rings. The average molecular weight is 144 g/mol. The summed E-state index contributed by atoms with van der Waals surface area (Å²) in [5, 5.41) is 0. The van der Waals surface area contributed by atoms with Crippen LogP contribution in [0.5, 0.6) is 0 Å². The Morgan fingerprint density at radius 2 is 1.73 bits per heavy atom. The predicted molar refractivity (Wildman–Crippen MR) is 52.6 cm³/mol. The molecule has 0 saturated carbocycles. The van der Waals surface area contributed by atoms with Gasteiger partial charge in [-0.2, -0.15) is 0 Å². The molecule has 0 unspecified atom stereocenters. The van der Waals surface area contributed by atoms with Gasteiger partial charge in [0.05, 0.1) is 0 Å². The Morgan fingerprint density at radius 1 is 1.18 bits per heavy atom. The molecule has 0 nitrogen and oxygen atoms in total. The lowest BCUT2D eigenvalue weighted by Crippen LogP contribution is -1.85. The van der Waals surface area contributed by atoms with Crippen LogP contribution in [0, 0.1) is 0 Å². The van der Waals surface area contributed by atoms with Crippen molar-refractivity contribution in [3.63, 3.8) is 0 Å². The molecule has 1 heteroatoms. The molecule has 0 N–H and O–H groups in total. The molecular weight excluding hydrogens is 131 g/mol. The fourth-order valence-corrected chi connectivity index (χ4v) is 1.08. The minimum absolute atomic E-state index is 0.976. The van der Waals surface area contributed by atoms with E-state index in [1.165, 1.54) is 11.1 Å². The smallest absolute Gasteiger partial charge is 0.103 e. The highest BCUT2D eigenvalue weighted by atomic mass is 13.9. The minimum Gasteiger partial charge on any atom is -0.103 e. The minimum atomic E-state index is 0.976. The van der Waals surface area contributed by atoms with Crippen LogP contribution in [0.15, 0.2) is 36.9 Å². The topological polar surface area (TPSA) is 0 Å². The first-order valence-corrected chi connectivity index (χ1v) is 4.05. The van der Waals surface area contributed by atoms with E-state index in [1.807, 2.05) is 6.08 Å². The first-order chi connectivity index (χ1) is 5.36. The Balaban J connectivity index is 2.74. The zero-order valence-electron chi connectivity index (χ0n) is 7.01. The number of rotatable bonds is 3. The van der Waals surface area contributed by atoms with Crippen LogP contribution < -0.4 is 0 Å². The van der Waals surface area contributed by atoms with Crippen molar-refractivity contribution in [2.75, 3.05) is 0 Å². The van der Waals surface area contributed by atoms with Crippen molar-refractivity contribution in [1.29, 1.82) is 0 Å². The highest BCUT2D eigenvalue weighted by Crippen LogP contribution is 2.04. The van der Waals surface area contributed by atoms with Gasteiger partial charge in [-0.25, -0.2) is 0 Å². The van der Waals surface area contributed by atoms with Gasteiger partial charge in [-0.1, -0.05) is 42.2 Å². The molecule has 0 bridgehead atoms. The average Bonchev–Trinajstić information content (AvgIpc) is 2.07. The van der Waals surface area contributed by atoms with E-state index in [4.69, 9.17) is 0 Å². The van der Waals surface area contributed by atoms with Crippen LogP contribution in [0.1, 0.15) is 11.1 Å². The van der Waals surface area contributed by atoms with Gasteiger partial charge in [0.25, 0.3) is 0 Å². The largest absolute Gasteiger partial charge is 0.107 e. The SMILES string of the molecule is BCc1ccc(CC=C)cc1. The summed E-state index contributed by atoms with van der Waals surface area (Å²) < 4.78 is 0. The summed E-state index contributed by atoms with van der Waals surface area (Å²) in [4.78, 5) is 0. The van der Waals surface area contributed by atoms with Crippen LogP contribution in [0.3, 0.4) is 0 Å². The van der Waals surface area contributed by atoms with Crippen LogP contribution in [-0.2, 0) is 12.7 Å². The first kappa shape index (κ1) is 8.12. The molecule has 1 aromatic carbocycles. The van der Waals surface area contributed by atoms with E-state index in [9.17, 15) is 0 Å². The molecular formula is C10H13B. The lowest BCUT2D eigenvalue weighted by atomic mass is 9.96. The first-order valence-electron chi connectivity index (χ1n) is 4.05. The monoisotopic (exact) mass is 144 g/mol. The van der Waals surface area contributed by atoms with Crippen molar-refractivity contribution >= 4 is 7.85 Å². The molecule has 0 aliphatic carbocycles. The Kier molecular flexibility index (Phi) is 2.97. The highest BCUT2D eigenvalue weighted by molar-refractivity contribution is 6.08. The molecule has 0 radical (unpaired) electrons. The third kappa shape index (κ3) is 2.26. The van der Waals surface area contributed by atoms with Crippen molar-refractivity contribution in [3.05, 3.63) is 48.0 Å². The number of hydrogen-bond donors (Lipinski definition) is 0. The molecule has 0 atom stereocenters. The van der Waals surface area contributed by atoms with Gasteiger partial charge in [-0.05, 0) is 12.0 Å². The van der Waals surface area contributed by atoms with E-state index in [0.29, 0.717) is 0 Å². The van der Waals surface area contributed by atoms with Gasteiger partial charge < -0.3 is 0 Å². The second kappa shape index (κ2) is 4.02. The lowest BCUT2D eigenvalue weighted by Gasteiger charge is -1.98. The van der Waals surface area contributed by atoms with Gasteiger partial charge >= 0.3 is 0 Å². The molecule has 0 spiro atoms. The van der Waals surface area contributed by atoms with Gasteiger partial charge in [0.2, 0.25) is 0 Å².